The van der Waals surface area contributed by atoms with Crippen molar-refractivity contribution in [2.45, 2.75) is 6.92 Å². The molecule has 0 fully saturated rings. The van der Waals surface area contributed by atoms with E-state index < -0.39 is 24.5 Å². The van der Waals surface area contributed by atoms with Gasteiger partial charge in [0.1, 0.15) is 10.6 Å². The van der Waals surface area contributed by atoms with Crippen molar-refractivity contribution in [3.63, 3.8) is 0 Å². The third-order valence-corrected chi connectivity index (χ3v) is 4.97. The van der Waals surface area contributed by atoms with Crippen molar-refractivity contribution in [2.24, 2.45) is 0 Å². The molecule has 0 aliphatic heterocycles. The van der Waals surface area contributed by atoms with Gasteiger partial charge in [-0.3, -0.25) is 4.79 Å². The summed E-state index contributed by atoms with van der Waals surface area (Å²) in [4.78, 5) is 36.5. The van der Waals surface area contributed by atoms with Gasteiger partial charge >= 0.3 is 11.9 Å². The second-order valence-electron chi connectivity index (χ2n) is 5.66. The Morgan fingerprint density at radius 2 is 1.86 bits per heavy atom. The third-order valence-electron chi connectivity index (χ3n) is 3.74. The molecule has 0 saturated carbocycles. The van der Waals surface area contributed by atoms with Gasteiger partial charge < -0.3 is 19.2 Å². The number of thiophene rings is 1. The summed E-state index contributed by atoms with van der Waals surface area (Å²) in [5.74, 6) is -1.98. The lowest BCUT2D eigenvalue weighted by molar-refractivity contribution is -0.119. The van der Waals surface area contributed by atoms with Gasteiger partial charge in [0.25, 0.3) is 5.91 Å². The summed E-state index contributed by atoms with van der Waals surface area (Å²) in [6, 6.07) is 10.00. The van der Waals surface area contributed by atoms with Gasteiger partial charge in [0.2, 0.25) is 5.76 Å². The number of ether oxygens (including phenoxy) is 2. The van der Waals surface area contributed by atoms with Crippen molar-refractivity contribution in [3.8, 4) is 11.1 Å². The Labute approximate surface area is 175 Å². The maximum absolute atomic E-state index is 12.5. The van der Waals surface area contributed by atoms with Crippen LogP contribution in [0.5, 0.6) is 0 Å². The lowest BCUT2D eigenvalue weighted by atomic mass is 10.0. The second kappa shape index (κ2) is 9.40. The molecule has 0 saturated heterocycles. The highest BCUT2D eigenvalue weighted by molar-refractivity contribution is 7.15. The number of hydrogen-bond donors (Lipinski definition) is 1. The molecule has 0 aliphatic carbocycles. The zero-order chi connectivity index (χ0) is 20.8. The summed E-state index contributed by atoms with van der Waals surface area (Å²) in [5, 5.41) is 5.03. The van der Waals surface area contributed by atoms with Crippen molar-refractivity contribution in [2.75, 3.05) is 18.5 Å². The van der Waals surface area contributed by atoms with Crippen LogP contribution in [-0.4, -0.2) is 31.1 Å². The monoisotopic (exact) mass is 433 g/mol. The highest BCUT2D eigenvalue weighted by Crippen LogP contribution is 2.39. The number of carbonyl (C=O) groups excluding carboxylic acids is 3. The SMILES string of the molecule is CCOC(=O)c1c(-c2ccccc2Cl)csc1NC(=O)COC(=O)c1ccco1. The van der Waals surface area contributed by atoms with Crippen LogP contribution in [0, 0.1) is 0 Å². The summed E-state index contributed by atoms with van der Waals surface area (Å²) in [7, 11) is 0. The Morgan fingerprint density at radius 3 is 2.55 bits per heavy atom. The largest absolute Gasteiger partial charge is 0.462 e. The molecule has 0 spiro atoms. The quantitative estimate of drug-likeness (QED) is 0.545. The van der Waals surface area contributed by atoms with Gasteiger partial charge in [-0.05, 0) is 25.1 Å². The molecule has 0 radical (unpaired) electrons. The van der Waals surface area contributed by atoms with E-state index in [9.17, 15) is 14.4 Å². The molecule has 7 nitrogen and oxygen atoms in total. The van der Waals surface area contributed by atoms with Crippen LogP contribution in [0.15, 0.2) is 52.5 Å². The molecule has 1 N–H and O–H groups in total. The van der Waals surface area contributed by atoms with Crippen LogP contribution in [0.4, 0.5) is 5.00 Å². The first-order valence-electron chi connectivity index (χ1n) is 8.55. The molecule has 3 rings (SSSR count). The number of nitrogens with one attached hydrogen (secondary N) is 1. The minimum atomic E-state index is -0.765. The predicted molar refractivity (Wildman–Crippen MR) is 108 cm³/mol. The molecular formula is C20H16ClNO6S. The Morgan fingerprint density at radius 1 is 1.07 bits per heavy atom. The number of carbonyl (C=O) groups is 3. The molecule has 0 atom stereocenters. The van der Waals surface area contributed by atoms with Crippen LogP contribution < -0.4 is 5.32 Å². The lowest BCUT2D eigenvalue weighted by Gasteiger charge is -2.09. The summed E-state index contributed by atoms with van der Waals surface area (Å²) >= 11 is 7.40. The normalized spacial score (nSPS) is 10.4. The predicted octanol–water partition coefficient (Wildman–Crippen LogP) is 4.63. The number of hydrogen-bond acceptors (Lipinski definition) is 7. The average molecular weight is 434 g/mol. The fraction of sp³-hybridized carbons (Fsp3) is 0.150. The number of anilines is 1. The molecule has 0 unspecified atom stereocenters. The van der Waals surface area contributed by atoms with Gasteiger partial charge in [-0.25, -0.2) is 9.59 Å². The summed E-state index contributed by atoms with van der Waals surface area (Å²) in [6.45, 7) is 1.32. The van der Waals surface area contributed by atoms with Gasteiger partial charge in [0.15, 0.2) is 6.61 Å². The molecule has 150 valence electrons. The Kier molecular flexibility index (Phi) is 6.69. The van der Waals surface area contributed by atoms with E-state index in [-0.39, 0.29) is 22.9 Å². The van der Waals surface area contributed by atoms with Crippen molar-refractivity contribution in [1.82, 2.24) is 0 Å². The van der Waals surface area contributed by atoms with Crippen LogP contribution in [-0.2, 0) is 14.3 Å². The number of esters is 2. The van der Waals surface area contributed by atoms with E-state index in [1.807, 2.05) is 0 Å². The minimum absolute atomic E-state index is 0.0119. The molecule has 9 heteroatoms. The fourth-order valence-electron chi connectivity index (χ4n) is 2.49. The molecular weight excluding hydrogens is 418 g/mol. The zero-order valence-electron chi connectivity index (χ0n) is 15.3. The maximum atomic E-state index is 12.5. The van der Waals surface area contributed by atoms with E-state index in [2.05, 4.69) is 5.32 Å². The summed E-state index contributed by atoms with van der Waals surface area (Å²) in [6.07, 6.45) is 1.32. The fourth-order valence-corrected chi connectivity index (χ4v) is 3.70. The second-order valence-corrected chi connectivity index (χ2v) is 6.94. The number of benzene rings is 1. The third kappa shape index (κ3) is 4.85. The van der Waals surface area contributed by atoms with Gasteiger partial charge in [0.05, 0.1) is 12.9 Å². The molecule has 2 heterocycles. The summed E-state index contributed by atoms with van der Waals surface area (Å²) in [5.41, 5.74) is 1.37. The number of rotatable bonds is 7. The molecule has 3 aromatic rings. The van der Waals surface area contributed by atoms with Gasteiger partial charge in [-0.15, -0.1) is 11.3 Å². The first kappa shape index (κ1) is 20.6. The van der Waals surface area contributed by atoms with Crippen molar-refractivity contribution >= 4 is 45.8 Å². The van der Waals surface area contributed by atoms with Crippen molar-refractivity contribution in [1.29, 1.82) is 0 Å². The van der Waals surface area contributed by atoms with Gasteiger partial charge in [0, 0.05) is 21.5 Å². The van der Waals surface area contributed by atoms with E-state index in [1.165, 1.54) is 18.4 Å². The molecule has 2 aromatic heterocycles. The summed E-state index contributed by atoms with van der Waals surface area (Å²) < 4.78 is 14.9. The smallest absolute Gasteiger partial charge is 0.374 e. The number of amides is 1. The Balaban J connectivity index is 1.79. The highest BCUT2D eigenvalue weighted by atomic mass is 35.5. The Hall–Kier alpha value is -3.10. The van der Waals surface area contributed by atoms with Crippen molar-refractivity contribution < 1.29 is 28.3 Å². The van der Waals surface area contributed by atoms with Crippen LogP contribution in [0.25, 0.3) is 11.1 Å². The van der Waals surface area contributed by atoms with E-state index in [4.69, 9.17) is 25.5 Å². The average Bonchev–Trinajstić information content (AvgIpc) is 3.37. The van der Waals surface area contributed by atoms with E-state index in [0.717, 1.165) is 11.3 Å². The number of furan rings is 1. The molecule has 0 aliphatic rings. The standard InChI is InChI=1S/C20H16ClNO6S/c1-2-26-20(25)17-13(12-6-3-4-7-14(12)21)11-29-18(17)22-16(23)10-28-19(24)15-8-5-9-27-15/h3-9,11H,2,10H2,1H3,(H,22,23). The molecule has 1 aromatic carbocycles. The molecule has 1 amide bonds. The molecule has 0 bridgehead atoms. The van der Waals surface area contributed by atoms with E-state index >= 15 is 0 Å². The van der Waals surface area contributed by atoms with Gasteiger partial charge in [-0.2, -0.15) is 0 Å². The highest BCUT2D eigenvalue weighted by Gasteiger charge is 2.24. The first-order chi connectivity index (χ1) is 14.0. The minimum Gasteiger partial charge on any atom is -0.462 e. The molecule has 29 heavy (non-hydrogen) atoms. The zero-order valence-corrected chi connectivity index (χ0v) is 16.8. The van der Waals surface area contributed by atoms with Crippen LogP contribution in [0.3, 0.4) is 0 Å². The van der Waals surface area contributed by atoms with E-state index in [1.54, 1.807) is 36.6 Å². The van der Waals surface area contributed by atoms with Gasteiger partial charge in [-0.1, -0.05) is 29.8 Å². The maximum Gasteiger partial charge on any atom is 0.374 e. The lowest BCUT2D eigenvalue weighted by Crippen LogP contribution is -2.21. The van der Waals surface area contributed by atoms with Crippen molar-refractivity contribution in [3.05, 3.63) is 64.4 Å². The Bertz CT molecular complexity index is 1030. The van der Waals surface area contributed by atoms with Crippen LogP contribution >= 0.6 is 22.9 Å². The van der Waals surface area contributed by atoms with Crippen LogP contribution in [0.1, 0.15) is 27.8 Å². The van der Waals surface area contributed by atoms with Crippen LogP contribution in [0.2, 0.25) is 5.02 Å². The topological polar surface area (TPSA) is 94.8 Å². The first-order valence-corrected chi connectivity index (χ1v) is 9.81. The van der Waals surface area contributed by atoms with E-state index in [0.29, 0.717) is 16.1 Å². The number of halogens is 1.